The predicted molar refractivity (Wildman–Crippen MR) is 105 cm³/mol. The zero-order chi connectivity index (χ0) is 19.0. The number of ketones is 1. The fourth-order valence-electron chi connectivity index (χ4n) is 4.01. The van der Waals surface area contributed by atoms with Crippen LogP contribution in [0.2, 0.25) is 0 Å². The van der Waals surface area contributed by atoms with Crippen molar-refractivity contribution in [3.63, 3.8) is 0 Å². The van der Waals surface area contributed by atoms with Crippen molar-refractivity contribution < 1.29 is 9.53 Å². The number of Topliss-reactive ketones (excluding diaryl/α,β-unsaturated/α-hetero) is 1. The lowest BCUT2D eigenvalue weighted by Crippen LogP contribution is -2.36. The maximum atomic E-state index is 13.1. The van der Waals surface area contributed by atoms with E-state index in [-0.39, 0.29) is 17.6 Å². The summed E-state index contributed by atoms with van der Waals surface area (Å²) >= 11 is 3.46. The van der Waals surface area contributed by atoms with Crippen molar-refractivity contribution >= 4 is 27.6 Å². The Hall–Kier alpha value is -2.71. The molecule has 5 heteroatoms. The number of carbonyl (C=O) groups is 1. The molecule has 3 atom stereocenters. The van der Waals surface area contributed by atoms with Crippen molar-refractivity contribution in [1.29, 1.82) is 10.7 Å². The van der Waals surface area contributed by atoms with Gasteiger partial charge >= 0.3 is 0 Å². The number of hydrogen-bond donors (Lipinski definition) is 1. The summed E-state index contributed by atoms with van der Waals surface area (Å²) in [6, 6.07) is 19.7. The van der Waals surface area contributed by atoms with E-state index in [2.05, 4.69) is 22.0 Å². The molecule has 4 rings (SSSR count). The molecule has 0 amide bonds. The Kier molecular flexibility index (Phi) is 4.67. The minimum Gasteiger partial charge on any atom is -0.446 e. The van der Waals surface area contributed by atoms with Crippen molar-refractivity contribution in [3.05, 3.63) is 81.5 Å². The number of carbonyl (C=O) groups excluding carboxylic acids is 1. The van der Waals surface area contributed by atoms with Crippen LogP contribution in [0.15, 0.2) is 70.4 Å². The Morgan fingerprint density at radius 1 is 1.07 bits per heavy atom. The molecule has 4 nitrogen and oxygen atoms in total. The van der Waals surface area contributed by atoms with Crippen molar-refractivity contribution in [2.24, 2.45) is 5.92 Å². The highest BCUT2D eigenvalue weighted by atomic mass is 79.9. The number of hydrogen-bond acceptors (Lipinski definition) is 4. The van der Waals surface area contributed by atoms with E-state index in [1.54, 1.807) is 0 Å². The van der Waals surface area contributed by atoms with Gasteiger partial charge in [0.25, 0.3) is 0 Å². The Bertz CT molecular complexity index is 991. The molecule has 0 fully saturated rings. The van der Waals surface area contributed by atoms with Crippen molar-refractivity contribution in [3.8, 4) is 6.07 Å². The molecule has 1 N–H and O–H groups in total. The topological polar surface area (TPSA) is 73.9 Å². The minimum absolute atomic E-state index is 0.00262. The molecule has 0 aromatic heterocycles. The zero-order valence-electron chi connectivity index (χ0n) is 14.5. The highest BCUT2D eigenvalue weighted by molar-refractivity contribution is 9.10. The van der Waals surface area contributed by atoms with Gasteiger partial charge in [0.2, 0.25) is 5.90 Å². The maximum absolute atomic E-state index is 13.1. The molecule has 2 aromatic rings. The van der Waals surface area contributed by atoms with Crippen LogP contribution in [-0.2, 0) is 9.53 Å². The average Bonchev–Trinajstić information content (AvgIpc) is 2.67. The van der Waals surface area contributed by atoms with Crippen LogP contribution in [0.3, 0.4) is 0 Å². The van der Waals surface area contributed by atoms with Gasteiger partial charge in [0, 0.05) is 28.8 Å². The lowest BCUT2D eigenvalue weighted by Gasteiger charge is -2.36. The molecular weight excluding hydrogens is 404 g/mol. The quantitative estimate of drug-likeness (QED) is 0.735. The Morgan fingerprint density at radius 2 is 1.81 bits per heavy atom. The first-order chi connectivity index (χ1) is 13.1. The molecule has 0 spiro atoms. The largest absolute Gasteiger partial charge is 0.446 e. The molecule has 0 bridgehead atoms. The molecular formula is C22H17BrN2O2. The summed E-state index contributed by atoms with van der Waals surface area (Å²) in [7, 11) is 0. The van der Waals surface area contributed by atoms with Crippen LogP contribution in [0.1, 0.15) is 35.8 Å². The van der Waals surface area contributed by atoms with Gasteiger partial charge in [0.05, 0.1) is 6.07 Å². The van der Waals surface area contributed by atoms with Gasteiger partial charge < -0.3 is 4.74 Å². The lowest BCUT2D eigenvalue weighted by molar-refractivity contribution is -0.117. The summed E-state index contributed by atoms with van der Waals surface area (Å²) in [6.45, 7) is 0. The van der Waals surface area contributed by atoms with Gasteiger partial charge in [-0.05, 0) is 29.2 Å². The molecule has 1 heterocycles. The van der Waals surface area contributed by atoms with Crippen LogP contribution >= 0.6 is 15.9 Å². The van der Waals surface area contributed by atoms with Gasteiger partial charge in [-0.25, -0.2) is 0 Å². The molecule has 3 unspecified atom stereocenters. The highest BCUT2D eigenvalue weighted by Gasteiger charge is 2.44. The van der Waals surface area contributed by atoms with Gasteiger partial charge in [0.1, 0.15) is 11.7 Å². The third-order valence-corrected chi connectivity index (χ3v) is 5.74. The summed E-state index contributed by atoms with van der Waals surface area (Å²) < 4.78 is 6.58. The second-order valence-corrected chi connectivity index (χ2v) is 7.80. The third-order valence-electron chi connectivity index (χ3n) is 5.24. The molecule has 0 radical (unpaired) electrons. The number of allylic oxidation sites excluding steroid dienone is 2. The molecule has 0 saturated heterocycles. The summed E-state index contributed by atoms with van der Waals surface area (Å²) in [6.07, 6.45) is 0.957. The fourth-order valence-corrected chi connectivity index (χ4v) is 4.42. The summed E-state index contributed by atoms with van der Waals surface area (Å²) in [5, 5.41) is 17.9. The van der Waals surface area contributed by atoms with Crippen molar-refractivity contribution in [2.45, 2.75) is 24.7 Å². The number of rotatable bonds is 2. The van der Waals surface area contributed by atoms with E-state index < -0.39 is 11.8 Å². The monoisotopic (exact) mass is 420 g/mol. The first kappa shape index (κ1) is 17.7. The number of ether oxygens (including phenoxy) is 1. The predicted octanol–water partition coefficient (Wildman–Crippen LogP) is 5.08. The van der Waals surface area contributed by atoms with E-state index in [4.69, 9.17) is 10.1 Å². The fraction of sp³-hybridized carbons (Fsp3) is 0.227. The summed E-state index contributed by atoms with van der Waals surface area (Å²) in [5.41, 5.74) is 2.50. The second kappa shape index (κ2) is 7.13. The van der Waals surface area contributed by atoms with E-state index >= 15 is 0 Å². The molecule has 27 heavy (non-hydrogen) atoms. The Labute approximate surface area is 166 Å². The average molecular weight is 421 g/mol. The number of nitriles is 1. The van der Waals surface area contributed by atoms with Gasteiger partial charge in [-0.1, -0.05) is 58.4 Å². The van der Waals surface area contributed by atoms with E-state index in [1.807, 2.05) is 54.6 Å². The number of benzene rings is 2. The summed E-state index contributed by atoms with van der Waals surface area (Å²) in [4.78, 5) is 13.1. The summed E-state index contributed by atoms with van der Waals surface area (Å²) in [5.74, 6) is -0.762. The van der Waals surface area contributed by atoms with E-state index in [0.717, 1.165) is 15.6 Å². The first-order valence-corrected chi connectivity index (χ1v) is 9.60. The molecule has 0 saturated carbocycles. The standard InChI is InChI=1S/C22H17BrN2O2/c23-16-8-4-7-14(9-16)20-17(12-24)22(25)27-19-11-15(10-18(26)21(19)20)13-5-2-1-3-6-13/h1-9,15,17,20,25H,10-11H2. The second-order valence-electron chi connectivity index (χ2n) is 6.88. The van der Waals surface area contributed by atoms with Gasteiger partial charge in [-0.15, -0.1) is 0 Å². The third kappa shape index (κ3) is 3.22. The van der Waals surface area contributed by atoms with Gasteiger partial charge in [0.15, 0.2) is 5.78 Å². The van der Waals surface area contributed by atoms with Crippen LogP contribution in [0.4, 0.5) is 0 Å². The molecule has 2 aromatic carbocycles. The number of nitrogens with one attached hydrogen (secondary N) is 1. The van der Waals surface area contributed by atoms with Crippen LogP contribution in [0.25, 0.3) is 0 Å². The SMILES string of the molecule is N#CC1C(=N)OC2=C(C(=O)CC(c3ccccc3)C2)C1c1cccc(Br)c1. The molecule has 2 aliphatic rings. The van der Waals surface area contributed by atoms with Crippen LogP contribution in [-0.4, -0.2) is 11.7 Å². The van der Waals surface area contributed by atoms with E-state index in [0.29, 0.717) is 24.2 Å². The van der Waals surface area contributed by atoms with Crippen LogP contribution < -0.4 is 0 Å². The van der Waals surface area contributed by atoms with E-state index in [1.165, 1.54) is 0 Å². The van der Waals surface area contributed by atoms with Crippen molar-refractivity contribution in [1.82, 2.24) is 0 Å². The minimum atomic E-state index is -0.796. The van der Waals surface area contributed by atoms with Gasteiger partial charge in [-0.2, -0.15) is 5.26 Å². The Balaban J connectivity index is 1.80. The van der Waals surface area contributed by atoms with Gasteiger partial charge in [-0.3, -0.25) is 10.2 Å². The highest BCUT2D eigenvalue weighted by Crippen LogP contribution is 2.46. The molecule has 1 aliphatic carbocycles. The van der Waals surface area contributed by atoms with Crippen LogP contribution in [0, 0.1) is 22.7 Å². The van der Waals surface area contributed by atoms with Crippen molar-refractivity contribution in [2.75, 3.05) is 0 Å². The molecule has 1 aliphatic heterocycles. The lowest BCUT2D eigenvalue weighted by atomic mass is 9.71. The zero-order valence-corrected chi connectivity index (χ0v) is 16.1. The van der Waals surface area contributed by atoms with E-state index in [9.17, 15) is 10.1 Å². The normalized spacial score (nSPS) is 24.8. The van der Waals surface area contributed by atoms with Crippen LogP contribution in [0.5, 0.6) is 0 Å². The Morgan fingerprint density at radius 3 is 2.52 bits per heavy atom. The number of nitrogens with zero attached hydrogens (tertiary/aromatic N) is 1. The molecule has 134 valence electrons. The number of halogens is 1. The maximum Gasteiger partial charge on any atom is 0.205 e. The smallest absolute Gasteiger partial charge is 0.205 e. The first-order valence-electron chi connectivity index (χ1n) is 8.81.